The topological polar surface area (TPSA) is 70.6 Å². The first-order valence-electron chi connectivity index (χ1n) is 11.4. The third kappa shape index (κ3) is 3.28. The van der Waals surface area contributed by atoms with Gasteiger partial charge in [0, 0.05) is 54.5 Å². The van der Waals surface area contributed by atoms with Gasteiger partial charge in [-0.3, -0.25) is 9.20 Å². The maximum atomic E-state index is 13.2. The van der Waals surface area contributed by atoms with Gasteiger partial charge in [0.15, 0.2) is 0 Å². The number of hydrogen-bond acceptors (Lipinski definition) is 5. The van der Waals surface area contributed by atoms with Crippen LogP contribution in [-0.2, 0) is 6.42 Å². The molecule has 2 aromatic carbocycles. The van der Waals surface area contributed by atoms with E-state index in [-0.39, 0.29) is 5.56 Å². The van der Waals surface area contributed by atoms with Gasteiger partial charge in [-0.1, -0.05) is 30.3 Å². The van der Waals surface area contributed by atoms with E-state index in [9.17, 15) is 10.1 Å². The van der Waals surface area contributed by atoms with Crippen LogP contribution in [0.5, 0.6) is 5.75 Å². The summed E-state index contributed by atoms with van der Waals surface area (Å²) < 4.78 is 7.65. The molecule has 164 valence electrons. The SMILES string of the molecule is Cc1nc2ccc(C#N)cn2c(=O)c1CCN1C[C@H]2COc3ccc4ccccc4c3[C@H]2C1. The van der Waals surface area contributed by atoms with Gasteiger partial charge >= 0.3 is 0 Å². The van der Waals surface area contributed by atoms with Crippen LogP contribution in [0.4, 0.5) is 0 Å². The number of nitrogens with zero attached hydrogens (tertiary/aromatic N) is 4. The van der Waals surface area contributed by atoms with Crippen molar-refractivity contribution in [2.24, 2.45) is 5.92 Å². The van der Waals surface area contributed by atoms with Crippen LogP contribution in [0, 0.1) is 24.2 Å². The van der Waals surface area contributed by atoms with Gasteiger partial charge in [0.25, 0.3) is 5.56 Å². The number of likely N-dealkylation sites (tertiary alicyclic amines) is 1. The molecule has 2 aliphatic rings. The zero-order valence-corrected chi connectivity index (χ0v) is 18.5. The van der Waals surface area contributed by atoms with Crippen molar-refractivity contribution >= 4 is 16.4 Å². The number of aromatic nitrogens is 2. The Morgan fingerprint density at radius 2 is 2.03 bits per heavy atom. The second kappa shape index (κ2) is 7.72. The molecule has 4 heterocycles. The summed E-state index contributed by atoms with van der Waals surface area (Å²) in [5.41, 5.74) is 3.77. The van der Waals surface area contributed by atoms with Gasteiger partial charge in [-0.15, -0.1) is 0 Å². The van der Waals surface area contributed by atoms with Gasteiger partial charge in [-0.2, -0.15) is 5.26 Å². The monoisotopic (exact) mass is 436 g/mol. The number of hydrogen-bond donors (Lipinski definition) is 0. The van der Waals surface area contributed by atoms with Gasteiger partial charge in [0.05, 0.1) is 12.2 Å². The van der Waals surface area contributed by atoms with Crippen LogP contribution in [0.15, 0.2) is 59.5 Å². The average Bonchev–Trinajstić information content (AvgIpc) is 3.26. The smallest absolute Gasteiger partial charge is 0.261 e. The molecule has 2 aromatic heterocycles. The third-order valence-corrected chi connectivity index (χ3v) is 7.20. The molecule has 0 bridgehead atoms. The molecule has 2 aliphatic heterocycles. The molecule has 1 fully saturated rings. The normalized spacial score (nSPS) is 19.8. The first-order chi connectivity index (χ1) is 16.1. The molecule has 6 nitrogen and oxygen atoms in total. The lowest BCUT2D eigenvalue weighted by molar-refractivity contribution is 0.214. The van der Waals surface area contributed by atoms with E-state index < -0.39 is 0 Å². The number of aryl methyl sites for hydroxylation is 1. The van der Waals surface area contributed by atoms with E-state index in [0.29, 0.717) is 29.5 Å². The number of ether oxygens (including phenoxy) is 1. The highest BCUT2D eigenvalue weighted by atomic mass is 16.5. The van der Waals surface area contributed by atoms with E-state index in [1.807, 2.05) is 6.92 Å². The van der Waals surface area contributed by atoms with Crippen molar-refractivity contribution in [1.29, 1.82) is 5.26 Å². The van der Waals surface area contributed by atoms with E-state index in [1.54, 1.807) is 18.3 Å². The zero-order valence-electron chi connectivity index (χ0n) is 18.5. The fraction of sp³-hybridized carbons (Fsp3) is 0.296. The minimum atomic E-state index is -0.0779. The van der Waals surface area contributed by atoms with Crippen LogP contribution in [0.25, 0.3) is 16.4 Å². The fourth-order valence-corrected chi connectivity index (χ4v) is 5.53. The van der Waals surface area contributed by atoms with Gasteiger partial charge in [0.2, 0.25) is 0 Å². The van der Waals surface area contributed by atoms with Crippen molar-refractivity contribution < 1.29 is 4.74 Å². The molecule has 0 aliphatic carbocycles. The zero-order chi connectivity index (χ0) is 22.5. The Kier molecular flexibility index (Phi) is 4.67. The van der Waals surface area contributed by atoms with Crippen LogP contribution in [0.3, 0.4) is 0 Å². The minimum Gasteiger partial charge on any atom is -0.493 e. The second-order valence-electron chi connectivity index (χ2n) is 9.12. The first-order valence-corrected chi connectivity index (χ1v) is 11.4. The number of nitriles is 1. The second-order valence-corrected chi connectivity index (χ2v) is 9.12. The molecule has 0 saturated carbocycles. The van der Waals surface area contributed by atoms with E-state index >= 15 is 0 Å². The summed E-state index contributed by atoms with van der Waals surface area (Å²) in [7, 11) is 0. The van der Waals surface area contributed by atoms with Crippen molar-refractivity contribution in [2.75, 3.05) is 26.2 Å². The lowest BCUT2D eigenvalue weighted by atomic mass is 9.84. The summed E-state index contributed by atoms with van der Waals surface area (Å²) in [5, 5.41) is 11.7. The van der Waals surface area contributed by atoms with Gasteiger partial charge in [0.1, 0.15) is 17.5 Å². The summed E-state index contributed by atoms with van der Waals surface area (Å²) in [5.74, 6) is 1.91. The Balaban J connectivity index is 1.27. The van der Waals surface area contributed by atoms with Crippen molar-refractivity contribution in [3.8, 4) is 11.8 Å². The molecule has 1 saturated heterocycles. The van der Waals surface area contributed by atoms with Crippen LogP contribution in [-0.4, -0.2) is 40.5 Å². The van der Waals surface area contributed by atoms with Crippen LogP contribution < -0.4 is 10.3 Å². The molecule has 0 amide bonds. The summed E-state index contributed by atoms with van der Waals surface area (Å²) in [4.78, 5) is 20.2. The molecule has 6 heteroatoms. The maximum Gasteiger partial charge on any atom is 0.261 e. The highest BCUT2D eigenvalue weighted by Gasteiger charge is 2.39. The average molecular weight is 437 g/mol. The molecule has 33 heavy (non-hydrogen) atoms. The van der Waals surface area contributed by atoms with Crippen LogP contribution in [0.2, 0.25) is 0 Å². The maximum absolute atomic E-state index is 13.2. The lowest BCUT2D eigenvalue weighted by Crippen LogP contribution is -2.28. The van der Waals surface area contributed by atoms with E-state index in [1.165, 1.54) is 20.7 Å². The number of pyridine rings is 1. The molecule has 0 unspecified atom stereocenters. The van der Waals surface area contributed by atoms with Crippen molar-refractivity contribution in [3.05, 3.63) is 87.5 Å². The first kappa shape index (κ1) is 20.0. The fourth-order valence-electron chi connectivity index (χ4n) is 5.53. The quantitative estimate of drug-likeness (QED) is 0.490. The predicted octanol–water partition coefficient (Wildman–Crippen LogP) is 3.68. The van der Waals surface area contributed by atoms with Crippen molar-refractivity contribution in [3.63, 3.8) is 0 Å². The third-order valence-electron chi connectivity index (χ3n) is 7.20. The Labute approximate surface area is 191 Å². The molecule has 2 atom stereocenters. The highest BCUT2D eigenvalue weighted by molar-refractivity contribution is 5.88. The molecule has 0 radical (unpaired) electrons. The summed E-state index contributed by atoms with van der Waals surface area (Å²) in [6.07, 6.45) is 2.22. The largest absolute Gasteiger partial charge is 0.493 e. The molecule has 6 rings (SSSR count). The lowest BCUT2D eigenvalue weighted by Gasteiger charge is -2.29. The van der Waals surface area contributed by atoms with E-state index in [4.69, 9.17) is 4.74 Å². The van der Waals surface area contributed by atoms with Crippen molar-refractivity contribution in [2.45, 2.75) is 19.3 Å². The summed E-state index contributed by atoms with van der Waals surface area (Å²) >= 11 is 0. The summed E-state index contributed by atoms with van der Waals surface area (Å²) in [6, 6.07) is 18.3. The Morgan fingerprint density at radius 1 is 1.15 bits per heavy atom. The number of fused-ring (bicyclic) bond motifs is 6. The molecular weight excluding hydrogens is 412 g/mol. The highest BCUT2D eigenvalue weighted by Crippen LogP contribution is 2.45. The van der Waals surface area contributed by atoms with Crippen LogP contribution in [0.1, 0.15) is 28.3 Å². The van der Waals surface area contributed by atoms with Gasteiger partial charge in [-0.05, 0) is 42.3 Å². The van der Waals surface area contributed by atoms with Crippen molar-refractivity contribution in [1.82, 2.24) is 14.3 Å². The Hall–Kier alpha value is -3.69. The van der Waals surface area contributed by atoms with Crippen LogP contribution >= 0.6 is 0 Å². The Bertz CT molecular complexity index is 1500. The standard InChI is InChI=1S/C27H24N4O2/c1-17-21(27(32)31-13-18(12-28)6-9-25(31)29-17)10-11-30-14-20-16-33-24-8-7-19-4-2-3-5-22(19)26(24)23(20)15-30/h2-9,13,20,23H,10-11,14-16H2,1H3/t20-,23-/m0/s1. The molecule has 0 spiro atoms. The Morgan fingerprint density at radius 3 is 2.91 bits per heavy atom. The summed E-state index contributed by atoms with van der Waals surface area (Å²) in [6.45, 7) is 5.37. The minimum absolute atomic E-state index is 0.0779. The molecule has 0 N–H and O–H groups in total. The number of benzene rings is 2. The van der Waals surface area contributed by atoms with E-state index in [2.05, 4.69) is 52.4 Å². The van der Waals surface area contributed by atoms with Gasteiger partial charge < -0.3 is 9.64 Å². The molecular formula is C27H24N4O2. The molecule has 4 aromatic rings. The van der Waals surface area contributed by atoms with Gasteiger partial charge in [-0.25, -0.2) is 4.98 Å². The van der Waals surface area contributed by atoms with E-state index in [0.717, 1.165) is 43.2 Å². The predicted molar refractivity (Wildman–Crippen MR) is 127 cm³/mol. The number of rotatable bonds is 3.